The van der Waals surface area contributed by atoms with E-state index in [0.717, 1.165) is 30.7 Å². The van der Waals surface area contributed by atoms with E-state index in [1.54, 1.807) is 30.0 Å². The fourth-order valence-electron chi connectivity index (χ4n) is 4.95. The van der Waals surface area contributed by atoms with Gasteiger partial charge in [-0.1, -0.05) is 0 Å². The van der Waals surface area contributed by atoms with Gasteiger partial charge in [0.2, 0.25) is 0 Å². The lowest BCUT2D eigenvalue weighted by Crippen LogP contribution is -2.42. The molecule has 11 nitrogen and oxygen atoms in total. The highest BCUT2D eigenvalue weighted by Crippen LogP contribution is 2.29. The van der Waals surface area contributed by atoms with Crippen LogP contribution in [0.25, 0.3) is 16.9 Å². The first-order valence-electron chi connectivity index (χ1n) is 13.7. The Labute approximate surface area is 243 Å². The van der Waals surface area contributed by atoms with Gasteiger partial charge in [-0.05, 0) is 63.1 Å². The maximum absolute atomic E-state index is 14.4. The molecule has 218 valence electrons. The number of nitrogens with zero attached hydrogens (tertiary/aromatic N) is 6. The van der Waals surface area contributed by atoms with E-state index in [4.69, 9.17) is 4.74 Å². The lowest BCUT2D eigenvalue weighted by molar-refractivity contribution is -0.00177. The number of nitrogens with one attached hydrogen (secondary N) is 2. The van der Waals surface area contributed by atoms with Gasteiger partial charge in [0, 0.05) is 19.9 Å². The Morgan fingerprint density at radius 2 is 2.07 bits per heavy atom. The monoisotopic (exact) mass is 572 g/mol. The Hall–Kier alpha value is -4.60. The van der Waals surface area contributed by atoms with E-state index in [1.165, 1.54) is 26.2 Å². The number of fused-ring (bicyclic) bond motifs is 1. The summed E-state index contributed by atoms with van der Waals surface area (Å²) in [6.07, 6.45) is 5.03. The quantitative estimate of drug-likeness (QED) is 0.258. The molecule has 0 radical (unpaired) electrons. The Bertz CT molecular complexity index is 1610. The van der Waals surface area contributed by atoms with Crippen molar-refractivity contribution in [2.75, 3.05) is 37.0 Å². The zero-order chi connectivity index (χ0) is 29.9. The second-order valence-corrected chi connectivity index (χ2v) is 10.8. The molecule has 1 aliphatic rings. The zero-order valence-corrected chi connectivity index (χ0v) is 23.7. The largest absolute Gasteiger partial charge is 0.387 e. The highest BCUT2D eigenvalue weighted by atomic mass is 19.1. The summed E-state index contributed by atoms with van der Waals surface area (Å²) in [5, 5.41) is 29.3. The molecule has 2 atom stereocenters. The van der Waals surface area contributed by atoms with Crippen molar-refractivity contribution in [1.29, 1.82) is 5.26 Å². The van der Waals surface area contributed by atoms with E-state index in [0.29, 0.717) is 34.9 Å². The summed E-state index contributed by atoms with van der Waals surface area (Å²) < 4.78 is 21.4. The number of nitriles is 1. The summed E-state index contributed by atoms with van der Waals surface area (Å²) in [6.45, 7) is 3.86. The molecule has 12 heteroatoms. The van der Waals surface area contributed by atoms with E-state index in [9.17, 15) is 19.6 Å². The zero-order valence-electron chi connectivity index (χ0n) is 23.7. The lowest BCUT2D eigenvalue weighted by atomic mass is 10.0. The SMILES string of the molecule is COC[C@@H]1CCCN1c1ccc(Nc2cc(-c3ccc4cc(C#N)cnn34)ncc2C(=O)NCC(F)C(C)(C)O)cn1. The summed E-state index contributed by atoms with van der Waals surface area (Å²) in [5.74, 6) is 0.292. The summed E-state index contributed by atoms with van der Waals surface area (Å²) in [5.41, 5.74) is 1.98. The molecule has 1 fully saturated rings. The van der Waals surface area contributed by atoms with E-state index in [2.05, 4.69) is 36.7 Å². The molecule has 5 heterocycles. The summed E-state index contributed by atoms with van der Waals surface area (Å²) >= 11 is 0. The van der Waals surface area contributed by atoms with E-state index in [-0.39, 0.29) is 18.2 Å². The minimum absolute atomic E-state index is 0.186. The minimum Gasteiger partial charge on any atom is -0.387 e. The molecule has 0 spiro atoms. The van der Waals surface area contributed by atoms with Crippen molar-refractivity contribution in [1.82, 2.24) is 24.9 Å². The highest BCUT2D eigenvalue weighted by molar-refractivity contribution is 6.00. The Balaban J connectivity index is 1.45. The third-order valence-corrected chi connectivity index (χ3v) is 7.31. The molecular weight excluding hydrogens is 539 g/mol. The molecular formula is C30H33FN8O3. The molecule has 5 rings (SSSR count). The number of carbonyl (C=O) groups excluding carboxylic acids is 1. The standard InChI is InChI=1S/C30H33FN8O3/c1-30(2,41)27(31)17-35-29(40)23-16-33-25(26-8-7-21-11-19(13-32)14-36-39(21)26)12-24(23)37-20-6-9-28(34-15-20)38-10-4-5-22(38)18-42-3/h6-9,11-12,14-16,22,27,41H,4-5,10,17-18H2,1-3H3,(H,33,37)(H,35,40)/t22-,27?/m0/s1. The van der Waals surface area contributed by atoms with Crippen molar-refractivity contribution in [3.05, 3.63) is 66.1 Å². The van der Waals surface area contributed by atoms with Crippen LogP contribution in [0.2, 0.25) is 0 Å². The molecule has 1 amide bonds. The number of halogens is 1. The van der Waals surface area contributed by atoms with Crippen molar-refractivity contribution >= 4 is 28.6 Å². The van der Waals surface area contributed by atoms with E-state index < -0.39 is 17.7 Å². The van der Waals surface area contributed by atoms with Crippen LogP contribution in [-0.2, 0) is 4.74 Å². The predicted octanol–water partition coefficient (Wildman–Crippen LogP) is 3.86. The number of hydrogen-bond acceptors (Lipinski definition) is 9. The summed E-state index contributed by atoms with van der Waals surface area (Å²) in [4.78, 5) is 24.6. The van der Waals surface area contributed by atoms with Crippen LogP contribution in [0, 0.1) is 11.3 Å². The molecule has 1 unspecified atom stereocenters. The molecule has 3 N–H and O–H groups in total. The third-order valence-electron chi connectivity index (χ3n) is 7.31. The number of anilines is 3. The Morgan fingerprint density at radius 3 is 2.79 bits per heavy atom. The van der Waals surface area contributed by atoms with Crippen LogP contribution in [0.1, 0.15) is 42.6 Å². The first-order chi connectivity index (χ1) is 20.2. The van der Waals surface area contributed by atoms with Gasteiger partial charge in [-0.25, -0.2) is 13.9 Å². The average molecular weight is 573 g/mol. The molecule has 1 saturated heterocycles. The predicted molar refractivity (Wildman–Crippen MR) is 156 cm³/mol. The lowest BCUT2D eigenvalue weighted by Gasteiger charge is -2.25. The summed E-state index contributed by atoms with van der Waals surface area (Å²) in [7, 11) is 1.70. The molecule has 0 aromatic carbocycles. The maximum Gasteiger partial charge on any atom is 0.255 e. The second-order valence-electron chi connectivity index (χ2n) is 10.8. The maximum atomic E-state index is 14.4. The second kappa shape index (κ2) is 12.1. The smallest absolute Gasteiger partial charge is 0.255 e. The van der Waals surface area contributed by atoms with Gasteiger partial charge < -0.3 is 25.4 Å². The van der Waals surface area contributed by atoms with Crippen LogP contribution >= 0.6 is 0 Å². The Kier molecular flexibility index (Phi) is 8.33. The van der Waals surface area contributed by atoms with Crippen LogP contribution in [0.15, 0.2) is 55.0 Å². The van der Waals surface area contributed by atoms with Crippen LogP contribution in [0.5, 0.6) is 0 Å². The number of aromatic nitrogens is 4. The molecule has 0 aliphatic carbocycles. The van der Waals surface area contributed by atoms with Crippen molar-refractivity contribution in [3.63, 3.8) is 0 Å². The number of methoxy groups -OCH3 is 1. The van der Waals surface area contributed by atoms with Gasteiger partial charge >= 0.3 is 0 Å². The molecule has 1 aliphatic heterocycles. The molecule has 4 aromatic rings. The van der Waals surface area contributed by atoms with Gasteiger partial charge in [0.15, 0.2) is 0 Å². The van der Waals surface area contributed by atoms with Crippen molar-refractivity contribution in [2.45, 2.75) is 44.5 Å². The number of ether oxygens (including phenoxy) is 1. The van der Waals surface area contributed by atoms with E-state index >= 15 is 0 Å². The van der Waals surface area contributed by atoms with Gasteiger partial charge in [-0.2, -0.15) is 10.4 Å². The minimum atomic E-state index is -1.66. The number of pyridine rings is 2. The summed E-state index contributed by atoms with van der Waals surface area (Å²) in [6, 6.07) is 13.3. The first kappa shape index (κ1) is 28.9. The van der Waals surface area contributed by atoms with Crippen molar-refractivity contribution in [3.8, 4) is 17.5 Å². The number of hydrogen-bond donors (Lipinski definition) is 3. The van der Waals surface area contributed by atoms with Crippen LogP contribution < -0.4 is 15.5 Å². The topological polar surface area (TPSA) is 141 Å². The molecule has 42 heavy (non-hydrogen) atoms. The normalized spacial score (nSPS) is 15.9. The fourth-order valence-corrected chi connectivity index (χ4v) is 4.95. The number of carbonyl (C=O) groups is 1. The molecule has 4 aromatic heterocycles. The number of aliphatic hydroxyl groups is 1. The number of amides is 1. The van der Waals surface area contributed by atoms with Crippen molar-refractivity contribution < 1.29 is 19.0 Å². The van der Waals surface area contributed by atoms with Crippen LogP contribution in [0.4, 0.5) is 21.6 Å². The fraction of sp³-hybridized carbons (Fsp3) is 0.367. The first-order valence-corrected chi connectivity index (χ1v) is 13.7. The van der Waals surface area contributed by atoms with Crippen LogP contribution in [0.3, 0.4) is 0 Å². The van der Waals surface area contributed by atoms with Gasteiger partial charge in [0.05, 0.1) is 76.6 Å². The number of alkyl halides is 1. The van der Waals surface area contributed by atoms with Gasteiger partial charge in [0.25, 0.3) is 5.91 Å². The van der Waals surface area contributed by atoms with E-state index in [1.807, 2.05) is 24.3 Å². The van der Waals surface area contributed by atoms with Gasteiger partial charge in [0.1, 0.15) is 18.1 Å². The van der Waals surface area contributed by atoms with Gasteiger partial charge in [-0.15, -0.1) is 0 Å². The molecule has 0 saturated carbocycles. The van der Waals surface area contributed by atoms with Crippen LogP contribution in [-0.4, -0.2) is 75.2 Å². The third kappa shape index (κ3) is 6.17. The average Bonchev–Trinajstić information content (AvgIpc) is 3.62. The highest BCUT2D eigenvalue weighted by Gasteiger charge is 2.28. The van der Waals surface area contributed by atoms with Gasteiger partial charge in [-0.3, -0.25) is 9.78 Å². The molecule has 0 bridgehead atoms. The Morgan fingerprint density at radius 1 is 1.24 bits per heavy atom. The number of rotatable bonds is 10. The van der Waals surface area contributed by atoms with Crippen molar-refractivity contribution in [2.24, 2.45) is 0 Å².